The van der Waals surface area contributed by atoms with Crippen LogP contribution in [-0.4, -0.2) is 140 Å². The van der Waals surface area contributed by atoms with E-state index in [2.05, 4.69) is 37.2 Å². The minimum absolute atomic E-state index is 0.0684. The summed E-state index contributed by atoms with van der Waals surface area (Å²) in [4.78, 5) is 116. The molecule has 23 heteroatoms. The van der Waals surface area contributed by atoms with Crippen molar-refractivity contribution in [2.75, 3.05) is 32.9 Å². The minimum Gasteiger partial charge on any atom is -0.464 e. The molecule has 0 heterocycles. The van der Waals surface area contributed by atoms with Crippen LogP contribution in [0.25, 0.3) is 0 Å². The second-order valence-electron chi connectivity index (χ2n) is 17.1. The van der Waals surface area contributed by atoms with Gasteiger partial charge >= 0.3 is 24.2 Å². The fourth-order valence-corrected chi connectivity index (χ4v) is 5.10. The van der Waals surface area contributed by atoms with Gasteiger partial charge in [-0.05, 0) is 103 Å². The molecular weight excluding hydrogens is 832 g/mol. The number of nitrogens with one attached hydrogen (secondary N) is 7. The van der Waals surface area contributed by atoms with Crippen LogP contribution in [-0.2, 0) is 57.2 Å². The number of ether oxygens (including phenoxy) is 6. The molecule has 0 radical (unpaired) electrons. The molecule has 0 aliphatic rings. The van der Waals surface area contributed by atoms with E-state index in [0.29, 0.717) is 6.42 Å². The second kappa shape index (κ2) is 27.6. The summed E-state index contributed by atoms with van der Waals surface area (Å²) in [5, 5.41) is 17.3. The molecule has 0 aromatic carbocycles. The predicted octanol–water partition coefficient (Wildman–Crippen LogP) is 0.896. The van der Waals surface area contributed by atoms with Crippen LogP contribution in [0.4, 0.5) is 14.4 Å². The van der Waals surface area contributed by atoms with Gasteiger partial charge in [-0.3, -0.25) is 24.0 Å². The molecule has 0 fully saturated rings. The summed E-state index contributed by atoms with van der Waals surface area (Å²) in [6.07, 6.45) is -4.37. The number of hydrogen-bond acceptors (Lipinski definition) is 15. The molecule has 0 saturated heterocycles. The van der Waals surface area contributed by atoms with Crippen molar-refractivity contribution in [3.63, 3.8) is 0 Å². The zero-order chi connectivity index (χ0) is 48.7. The summed E-state index contributed by atoms with van der Waals surface area (Å²) in [6, 6.07) is -7.02. The molecule has 0 bridgehead atoms. The van der Waals surface area contributed by atoms with Gasteiger partial charge < -0.3 is 71.4 Å². The standard InChI is InChI=1S/C40H72N8O15/c1-14-58-33(54)29(34(59-15-2)60-16-3)48-32(53)26(46-30(51)23(4)44-31(52)25(21-27(41)49)47-37(57)63-40(11,12)13)22-43-28(50)20-24(45-36(56)62-39(8,9)10)18-17-19-42-35(55)61-38(5,6)7/h23-26,29,34H,14-22H2,1-13H3,(H2,41,49)(H,42,55)(H,43,50)(H,44,52)(H,45,56)(H,46,51)(H,47,57)(H,48,53)/t23-,24-,25-,26-,29+/m0/s1. The van der Waals surface area contributed by atoms with Gasteiger partial charge in [0.05, 0.1) is 13.0 Å². The van der Waals surface area contributed by atoms with Gasteiger partial charge in [0.2, 0.25) is 29.5 Å². The average Bonchev–Trinajstić information content (AvgIpc) is 3.10. The van der Waals surface area contributed by atoms with Gasteiger partial charge in [0.15, 0.2) is 12.3 Å². The van der Waals surface area contributed by atoms with Gasteiger partial charge in [0, 0.05) is 38.8 Å². The number of rotatable bonds is 25. The molecule has 0 aliphatic heterocycles. The summed E-state index contributed by atoms with van der Waals surface area (Å²) in [5.41, 5.74) is 2.74. The molecular formula is C40H72N8O15. The lowest BCUT2D eigenvalue weighted by atomic mass is 10.1. The van der Waals surface area contributed by atoms with Gasteiger partial charge in [-0.1, -0.05) is 0 Å². The lowest BCUT2D eigenvalue weighted by molar-refractivity contribution is -0.180. The third-order valence-corrected chi connectivity index (χ3v) is 7.62. The second-order valence-corrected chi connectivity index (χ2v) is 17.1. The van der Waals surface area contributed by atoms with Crippen molar-refractivity contribution in [3.8, 4) is 0 Å². The van der Waals surface area contributed by atoms with E-state index in [1.165, 1.54) is 6.92 Å². The lowest BCUT2D eigenvalue weighted by Gasteiger charge is -2.28. The monoisotopic (exact) mass is 905 g/mol. The van der Waals surface area contributed by atoms with Crippen molar-refractivity contribution >= 4 is 53.8 Å². The van der Waals surface area contributed by atoms with E-state index in [9.17, 15) is 43.2 Å². The molecule has 362 valence electrons. The van der Waals surface area contributed by atoms with E-state index < -0.39 is 120 Å². The van der Waals surface area contributed by atoms with Crippen molar-refractivity contribution in [2.45, 2.75) is 169 Å². The van der Waals surface area contributed by atoms with Crippen molar-refractivity contribution < 1.29 is 71.6 Å². The van der Waals surface area contributed by atoms with Crippen LogP contribution in [0.1, 0.15) is 116 Å². The van der Waals surface area contributed by atoms with Gasteiger partial charge in [-0.25, -0.2) is 19.2 Å². The molecule has 23 nitrogen and oxygen atoms in total. The molecule has 5 atom stereocenters. The number of esters is 1. The fourth-order valence-electron chi connectivity index (χ4n) is 5.10. The third kappa shape index (κ3) is 27.3. The quantitative estimate of drug-likeness (QED) is 0.0273. The maximum Gasteiger partial charge on any atom is 0.408 e. The number of nitrogens with two attached hydrogens (primary N) is 1. The highest BCUT2D eigenvalue weighted by Crippen LogP contribution is 2.12. The molecule has 0 spiro atoms. The largest absolute Gasteiger partial charge is 0.464 e. The summed E-state index contributed by atoms with van der Waals surface area (Å²) >= 11 is 0. The van der Waals surface area contributed by atoms with E-state index in [4.69, 9.17) is 34.2 Å². The van der Waals surface area contributed by atoms with Gasteiger partial charge in [-0.2, -0.15) is 0 Å². The predicted molar refractivity (Wildman–Crippen MR) is 226 cm³/mol. The van der Waals surface area contributed by atoms with Crippen molar-refractivity contribution in [2.24, 2.45) is 5.73 Å². The molecule has 8 amide bonds. The lowest BCUT2D eigenvalue weighted by Crippen LogP contribution is -2.61. The Morgan fingerprint density at radius 1 is 0.571 bits per heavy atom. The number of carbonyl (C=O) groups excluding carboxylic acids is 9. The van der Waals surface area contributed by atoms with Crippen LogP contribution in [0.3, 0.4) is 0 Å². The van der Waals surface area contributed by atoms with Crippen LogP contribution < -0.4 is 43.0 Å². The topological polar surface area (TPSA) is 319 Å². The summed E-state index contributed by atoms with van der Waals surface area (Å²) in [5.74, 6) is -5.57. The Hall–Kier alpha value is -5.45. The van der Waals surface area contributed by atoms with Crippen molar-refractivity contribution in [1.82, 2.24) is 37.2 Å². The van der Waals surface area contributed by atoms with Crippen LogP contribution in [0.5, 0.6) is 0 Å². The number of amides is 8. The first-order valence-electron chi connectivity index (χ1n) is 20.8. The van der Waals surface area contributed by atoms with Crippen LogP contribution in [0, 0.1) is 0 Å². The molecule has 0 rings (SSSR count). The van der Waals surface area contributed by atoms with Crippen molar-refractivity contribution in [1.29, 1.82) is 0 Å². The molecule has 0 aromatic heterocycles. The molecule has 9 N–H and O–H groups in total. The van der Waals surface area contributed by atoms with E-state index in [1.807, 2.05) is 0 Å². The number of primary amides is 1. The number of hydrogen-bond donors (Lipinski definition) is 8. The average molecular weight is 905 g/mol. The molecule has 0 aliphatic carbocycles. The van der Waals surface area contributed by atoms with Crippen LogP contribution >= 0.6 is 0 Å². The first kappa shape index (κ1) is 57.5. The minimum atomic E-state index is -1.64. The van der Waals surface area contributed by atoms with Gasteiger partial charge in [0.25, 0.3) is 0 Å². The smallest absolute Gasteiger partial charge is 0.408 e. The van der Waals surface area contributed by atoms with E-state index in [1.54, 1.807) is 83.1 Å². The molecule has 0 aromatic rings. The zero-order valence-electron chi connectivity index (χ0n) is 39.0. The number of alkyl carbamates (subject to hydrolysis) is 3. The summed E-state index contributed by atoms with van der Waals surface area (Å²) in [6.45, 7) is 20.5. The van der Waals surface area contributed by atoms with Crippen LogP contribution in [0.15, 0.2) is 0 Å². The highest BCUT2D eigenvalue weighted by atomic mass is 16.7. The van der Waals surface area contributed by atoms with Crippen LogP contribution in [0.2, 0.25) is 0 Å². The Kier molecular flexibility index (Phi) is 25.2. The molecule has 0 saturated carbocycles. The fraction of sp³-hybridized carbons (Fsp3) is 0.775. The summed E-state index contributed by atoms with van der Waals surface area (Å²) < 4.78 is 32.0. The Balaban J connectivity index is 6.47. The Morgan fingerprint density at radius 3 is 1.57 bits per heavy atom. The Bertz CT molecular complexity index is 1540. The number of carbonyl (C=O) groups is 9. The maximum atomic E-state index is 13.9. The highest BCUT2D eigenvalue weighted by Gasteiger charge is 2.36. The van der Waals surface area contributed by atoms with E-state index in [-0.39, 0.29) is 39.2 Å². The first-order chi connectivity index (χ1) is 29.0. The Labute approximate surface area is 369 Å². The normalized spacial score (nSPS) is 14.0. The summed E-state index contributed by atoms with van der Waals surface area (Å²) in [7, 11) is 0. The van der Waals surface area contributed by atoms with E-state index >= 15 is 0 Å². The Morgan fingerprint density at radius 2 is 1.08 bits per heavy atom. The highest BCUT2D eigenvalue weighted by molar-refractivity contribution is 5.96. The van der Waals surface area contributed by atoms with Gasteiger partial charge in [-0.15, -0.1) is 0 Å². The van der Waals surface area contributed by atoms with E-state index in [0.717, 1.165) is 0 Å². The first-order valence-corrected chi connectivity index (χ1v) is 20.8. The maximum absolute atomic E-state index is 13.9. The molecule has 0 unspecified atom stereocenters. The third-order valence-electron chi connectivity index (χ3n) is 7.62. The van der Waals surface area contributed by atoms with Crippen molar-refractivity contribution in [3.05, 3.63) is 0 Å². The zero-order valence-corrected chi connectivity index (χ0v) is 39.0. The van der Waals surface area contributed by atoms with Gasteiger partial charge in [0.1, 0.15) is 34.9 Å². The molecule has 63 heavy (non-hydrogen) atoms. The SMILES string of the molecule is CCOC(=O)[C@@H](NC(=O)[C@H](CNC(=O)C[C@H](CCCNC(=O)OC(C)(C)C)NC(=O)OC(C)(C)C)NC(=O)[C@H](C)NC(=O)[C@H](CC(N)=O)NC(=O)OC(C)(C)C)C(OCC)OCC.